The molecule has 0 saturated carbocycles. The topological polar surface area (TPSA) is 76.6 Å². The number of nitrogens with zero attached hydrogens (tertiary/aromatic N) is 5. The number of hydrogen-bond donors (Lipinski definition) is 0. The number of hydrogen-bond acceptors (Lipinski definition) is 5. The Morgan fingerprint density at radius 2 is 1.70 bits per heavy atom. The molecule has 0 fully saturated rings. The van der Waals surface area contributed by atoms with E-state index in [-0.39, 0.29) is 11.8 Å². The highest BCUT2D eigenvalue weighted by molar-refractivity contribution is 5.93. The van der Waals surface area contributed by atoms with E-state index >= 15 is 0 Å². The smallest absolute Gasteiger partial charge is 0.435 e. The molecule has 0 aliphatic carbocycles. The maximum absolute atomic E-state index is 13.1. The van der Waals surface area contributed by atoms with Crippen LogP contribution in [0.5, 0.6) is 5.88 Å². The fourth-order valence-corrected chi connectivity index (χ4v) is 4.72. The monoisotopic (exact) mass is 541 g/mol. The predicted octanol–water partition coefficient (Wildman–Crippen LogP) is 7.94. The SMILES string of the molecule is Cc1cc(C(F)(F)F)nn1-c1ccc(C(C)Oc2nc(-c3ccccc3C(C)C)c(C#N)c3cccnc23)cc1. The molecule has 1 unspecified atom stereocenters. The van der Waals surface area contributed by atoms with Gasteiger partial charge in [0.2, 0.25) is 5.88 Å². The van der Waals surface area contributed by atoms with Gasteiger partial charge in [-0.1, -0.05) is 50.2 Å². The zero-order valence-corrected chi connectivity index (χ0v) is 22.4. The van der Waals surface area contributed by atoms with Crippen LogP contribution in [0.3, 0.4) is 0 Å². The van der Waals surface area contributed by atoms with Gasteiger partial charge < -0.3 is 4.74 Å². The third kappa shape index (κ3) is 5.00. The minimum Gasteiger partial charge on any atom is -0.468 e. The largest absolute Gasteiger partial charge is 0.468 e. The molecule has 2 aromatic carbocycles. The summed E-state index contributed by atoms with van der Waals surface area (Å²) < 4.78 is 46.9. The number of ether oxygens (including phenoxy) is 1. The van der Waals surface area contributed by atoms with Crippen molar-refractivity contribution in [2.75, 3.05) is 0 Å². The first-order chi connectivity index (χ1) is 19.1. The van der Waals surface area contributed by atoms with Crippen LogP contribution < -0.4 is 4.74 Å². The van der Waals surface area contributed by atoms with Gasteiger partial charge in [0, 0.05) is 22.8 Å². The van der Waals surface area contributed by atoms with Crippen molar-refractivity contribution in [3.05, 3.63) is 101 Å². The number of fused-ring (bicyclic) bond motifs is 1. The number of aromatic nitrogens is 4. The molecule has 40 heavy (non-hydrogen) atoms. The van der Waals surface area contributed by atoms with E-state index in [0.717, 1.165) is 22.8 Å². The van der Waals surface area contributed by atoms with Crippen molar-refractivity contribution in [2.45, 2.75) is 45.9 Å². The molecule has 0 N–H and O–H groups in total. The molecule has 202 valence electrons. The first kappa shape index (κ1) is 26.9. The lowest BCUT2D eigenvalue weighted by atomic mass is 9.92. The third-order valence-electron chi connectivity index (χ3n) is 6.75. The molecule has 5 aromatic rings. The lowest BCUT2D eigenvalue weighted by molar-refractivity contribution is -0.141. The summed E-state index contributed by atoms with van der Waals surface area (Å²) in [5.41, 5.74) is 4.06. The van der Waals surface area contributed by atoms with Crippen molar-refractivity contribution in [1.82, 2.24) is 19.7 Å². The van der Waals surface area contributed by atoms with Gasteiger partial charge in [0.05, 0.1) is 16.9 Å². The molecule has 0 bridgehead atoms. The Balaban J connectivity index is 1.53. The number of pyridine rings is 2. The second kappa shape index (κ2) is 10.5. The van der Waals surface area contributed by atoms with Crippen molar-refractivity contribution in [1.29, 1.82) is 5.26 Å². The van der Waals surface area contributed by atoms with Gasteiger partial charge in [0.15, 0.2) is 5.69 Å². The Kier molecular flexibility index (Phi) is 7.03. The van der Waals surface area contributed by atoms with Crippen LogP contribution in [0, 0.1) is 18.3 Å². The molecule has 6 nitrogen and oxygen atoms in total. The zero-order chi connectivity index (χ0) is 28.6. The van der Waals surface area contributed by atoms with Crippen molar-refractivity contribution in [2.24, 2.45) is 0 Å². The van der Waals surface area contributed by atoms with Crippen LogP contribution in [0.4, 0.5) is 13.2 Å². The normalized spacial score (nSPS) is 12.5. The molecule has 0 radical (unpaired) electrons. The van der Waals surface area contributed by atoms with Crippen LogP contribution >= 0.6 is 0 Å². The molecule has 9 heteroatoms. The molecule has 0 aliphatic heterocycles. The summed E-state index contributed by atoms with van der Waals surface area (Å²) in [6.07, 6.45) is -3.36. The van der Waals surface area contributed by atoms with Gasteiger partial charge in [-0.15, -0.1) is 0 Å². The van der Waals surface area contributed by atoms with Gasteiger partial charge >= 0.3 is 6.18 Å². The summed E-state index contributed by atoms with van der Waals surface area (Å²) in [5, 5.41) is 14.5. The van der Waals surface area contributed by atoms with Gasteiger partial charge in [-0.05, 0) is 61.2 Å². The second-order valence-electron chi connectivity index (χ2n) is 9.83. The quantitative estimate of drug-likeness (QED) is 0.218. The average molecular weight is 542 g/mol. The second-order valence-corrected chi connectivity index (χ2v) is 9.83. The van der Waals surface area contributed by atoms with Gasteiger partial charge in [-0.3, -0.25) is 4.98 Å². The molecule has 0 spiro atoms. The lowest BCUT2D eigenvalue weighted by Crippen LogP contribution is -2.09. The Labute approximate surface area is 229 Å². The Morgan fingerprint density at radius 1 is 0.975 bits per heavy atom. The minimum atomic E-state index is -4.52. The molecule has 3 aromatic heterocycles. The summed E-state index contributed by atoms with van der Waals surface area (Å²) in [7, 11) is 0. The van der Waals surface area contributed by atoms with Crippen molar-refractivity contribution < 1.29 is 17.9 Å². The van der Waals surface area contributed by atoms with E-state index in [2.05, 4.69) is 30.0 Å². The zero-order valence-electron chi connectivity index (χ0n) is 22.4. The molecular formula is C31H26F3N5O. The summed E-state index contributed by atoms with van der Waals surface area (Å²) in [5.74, 6) is 0.499. The van der Waals surface area contributed by atoms with Gasteiger partial charge in [-0.2, -0.15) is 23.5 Å². The van der Waals surface area contributed by atoms with Crippen LogP contribution in [-0.2, 0) is 6.18 Å². The average Bonchev–Trinajstić information content (AvgIpc) is 3.35. The maximum Gasteiger partial charge on any atom is 0.435 e. The van der Waals surface area contributed by atoms with E-state index < -0.39 is 18.0 Å². The van der Waals surface area contributed by atoms with Crippen LogP contribution in [0.15, 0.2) is 72.9 Å². The lowest BCUT2D eigenvalue weighted by Gasteiger charge is -2.19. The van der Waals surface area contributed by atoms with Crippen molar-refractivity contribution >= 4 is 10.9 Å². The van der Waals surface area contributed by atoms with E-state index in [1.165, 1.54) is 4.68 Å². The standard InChI is InChI=1S/C31H26F3N5O/c1-18(2)23-8-5-6-9-24(23)28-26(17-35)25-10-7-15-36-29(25)30(37-28)40-20(4)21-11-13-22(14-12-21)39-19(3)16-27(38-39)31(32,33)34/h5-16,18,20H,1-4H3. The summed E-state index contributed by atoms with van der Waals surface area (Å²) in [6, 6.07) is 21.8. The van der Waals surface area contributed by atoms with Crippen LogP contribution in [0.1, 0.15) is 60.9 Å². The number of alkyl halides is 3. The van der Waals surface area contributed by atoms with Gasteiger partial charge in [0.1, 0.15) is 17.7 Å². The Bertz CT molecular complexity index is 1730. The number of nitriles is 1. The summed E-state index contributed by atoms with van der Waals surface area (Å²) >= 11 is 0. The highest BCUT2D eigenvalue weighted by Crippen LogP contribution is 2.37. The number of rotatable bonds is 6. The van der Waals surface area contributed by atoms with Crippen molar-refractivity contribution in [3.63, 3.8) is 0 Å². The van der Waals surface area contributed by atoms with E-state index in [9.17, 15) is 18.4 Å². The highest BCUT2D eigenvalue weighted by atomic mass is 19.4. The van der Waals surface area contributed by atoms with Crippen LogP contribution in [0.25, 0.3) is 27.8 Å². The Morgan fingerprint density at radius 3 is 2.35 bits per heavy atom. The first-order valence-electron chi connectivity index (χ1n) is 12.8. The predicted molar refractivity (Wildman–Crippen MR) is 146 cm³/mol. The molecular weight excluding hydrogens is 515 g/mol. The highest BCUT2D eigenvalue weighted by Gasteiger charge is 2.34. The minimum absolute atomic E-state index is 0.210. The van der Waals surface area contributed by atoms with Crippen molar-refractivity contribution in [3.8, 4) is 28.9 Å². The summed E-state index contributed by atoms with van der Waals surface area (Å²) in [4.78, 5) is 9.30. The van der Waals surface area contributed by atoms with E-state index in [1.54, 1.807) is 43.5 Å². The maximum atomic E-state index is 13.1. The molecule has 0 aliphatic rings. The summed E-state index contributed by atoms with van der Waals surface area (Å²) in [6.45, 7) is 7.61. The fraction of sp³-hybridized carbons (Fsp3) is 0.226. The number of benzene rings is 2. The molecule has 1 atom stereocenters. The molecule has 0 amide bonds. The van der Waals surface area contributed by atoms with Crippen LogP contribution in [0.2, 0.25) is 0 Å². The molecule has 5 rings (SSSR count). The van der Waals surface area contributed by atoms with E-state index in [0.29, 0.717) is 33.5 Å². The van der Waals surface area contributed by atoms with Gasteiger partial charge in [0.25, 0.3) is 0 Å². The first-order valence-corrected chi connectivity index (χ1v) is 12.8. The Hall–Kier alpha value is -4.71. The molecule has 0 saturated heterocycles. The third-order valence-corrected chi connectivity index (χ3v) is 6.75. The number of halogens is 3. The number of aryl methyl sites for hydroxylation is 1. The van der Waals surface area contributed by atoms with Crippen LogP contribution in [-0.4, -0.2) is 19.7 Å². The van der Waals surface area contributed by atoms with Gasteiger partial charge in [-0.25, -0.2) is 9.67 Å². The van der Waals surface area contributed by atoms with E-state index in [4.69, 9.17) is 9.72 Å². The fourth-order valence-electron chi connectivity index (χ4n) is 4.72. The van der Waals surface area contributed by atoms with E-state index in [1.807, 2.05) is 37.3 Å². The molecule has 3 heterocycles.